The summed E-state index contributed by atoms with van der Waals surface area (Å²) in [5.41, 5.74) is -0.615. The highest BCUT2D eigenvalue weighted by Crippen LogP contribution is 2.32. The Hall–Kier alpha value is -1.28. The van der Waals surface area contributed by atoms with Crippen LogP contribution in [0, 0.1) is 0 Å². The van der Waals surface area contributed by atoms with Gasteiger partial charge in [-0.2, -0.15) is 13.2 Å². The minimum Gasteiger partial charge on any atom is -0.444 e. The number of alkyl halides is 3. The predicted octanol–water partition coefficient (Wildman–Crippen LogP) is 4.52. The molecule has 0 radical (unpaired) electrons. The number of carbonyl (C=O) groups is 1. The van der Waals surface area contributed by atoms with E-state index in [1.165, 1.54) is 12.1 Å². The van der Waals surface area contributed by atoms with Crippen molar-refractivity contribution >= 4 is 22.0 Å². The van der Waals surface area contributed by atoms with Crippen molar-refractivity contribution in [3.63, 3.8) is 0 Å². The van der Waals surface area contributed by atoms with Gasteiger partial charge in [0.25, 0.3) is 0 Å². The zero-order valence-electron chi connectivity index (χ0n) is 14.5. The topological polar surface area (TPSA) is 32.8 Å². The molecule has 0 unspecified atom stereocenters. The normalized spacial score (nSPS) is 16.8. The molecule has 1 saturated heterocycles. The second kappa shape index (κ2) is 7.53. The zero-order valence-corrected chi connectivity index (χ0v) is 16.1. The third-order valence-corrected chi connectivity index (χ3v) is 4.56. The van der Waals surface area contributed by atoms with Gasteiger partial charge in [0.05, 0.1) is 5.56 Å². The van der Waals surface area contributed by atoms with Gasteiger partial charge in [-0.15, -0.1) is 0 Å². The number of ether oxygens (including phenoxy) is 1. The molecule has 1 aliphatic heterocycles. The van der Waals surface area contributed by atoms with Gasteiger partial charge in [-0.25, -0.2) is 4.79 Å². The highest BCUT2D eigenvalue weighted by atomic mass is 79.9. The third kappa shape index (κ3) is 5.88. The molecule has 1 aromatic rings. The first-order chi connectivity index (χ1) is 11.5. The van der Waals surface area contributed by atoms with E-state index in [2.05, 4.69) is 15.9 Å². The van der Waals surface area contributed by atoms with Crippen molar-refractivity contribution in [1.82, 2.24) is 9.80 Å². The van der Waals surface area contributed by atoms with Crippen LogP contribution in [0.2, 0.25) is 0 Å². The van der Waals surface area contributed by atoms with Crippen LogP contribution >= 0.6 is 15.9 Å². The fraction of sp³-hybridized carbons (Fsp3) is 0.588. The van der Waals surface area contributed by atoms with Crippen LogP contribution in [0.5, 0.6) is 0 Å². The number of carbonyl (C=O) groups excluding carboxylic acids is 1. The molecule has 1 heterocycles. The number of halogens is 4. The molecule has 140 valence electrons. The maximum absolute atomic E-state index is 12.9. The second-order valence-corrected chi connectivity index (χ2v) is 7.90. The summed E-state index contributed by atoms with van der Waals surface area (Å²) in [4.78, 5) is 15.7. The van der Waals surface area contributed by atoms with Gasteiger partial charge >= 0.3 is 12.3 Å². The lowest BCUT2D eigenvalue weighted by Gasteiger charge is -2.35. The summed E-state index contributed by atoms with van der Waals surface area (Å²) in [7, 11) is 0. The van der Waals surface area contributed by atoms with Gasteiger partial charge in [-0.05, 0) is 44.5 Å². The Morgan fingerprint density at radius 3 is 2.28 bits per heavy atom. The Balaban J connectivity index is 1.95. The molecular weight excluding hydrogens is 401 g/mol. The Kier molecular flexibility index (Phi) is 6.04. The molecule has 0 saturated carbocycles. The van der Waals surface area contributed by atoms with Crippen LogP contribution in [0.3, 0.4) is 0 Å². The van der Waals surface area contributed by atoms with E-state index >= 15 is 0 Å². The van der Waals surface area contributed by atoms with Crippen molar-refractivity contribution in [2.75, 3.05) is 26.2 Å². The van der Waals surface area contributed by atoms with Gasteiger partial charge in [-0.3, -0.25) is 4.90 Å². The lowest BCUT2D eigenvalue weighted by atomic mass is 10.1. The SMILES string of the molecule is CC(C)(C)OC(=O)N1CCN(Cc2cc(C(F)(F)F)ccc2Br)CC1. The maximum atomic E-state index is 12.9. The first kappa shape index (κ1) is 20.0. The molecular formula is C17H22BrF3N2O2. The smallest absolute Gasteiger partial charge is 0.416 e. The molecule has 0 atom stereocenters. The van der Waals surface area contributed by atoms with E-state index in [1.807, 2.05) is 25.7 Å². The van der Waals surface area contributed by atoms with E-state index in [4.69, 9.17) is 4.74 Å². The third-order valence-electron chi connectivity index (χ3n) is 3.79. The molecule has 1 aromatic carbocycles. The van der Waals surface area contributed by atoms with E-state index in [0.717, 1.165) is 6.07 Å². The molecule has 2 rings (SSSR count). The van der Waals surface area contributed by atoms with Gasteiger partial charge in [0.15, 0.2) is 0 Å². The van der Waals surface area contributed by atoms with Crippen LogP contribution in [0.1, 0.15) is 31.9 Å². The summed E-state index contributed by atoms with van der Waals surface area (Å²) in [6, 6.07) is 3.66. The van der Waals surface area contributed by atoms with Gasteiger partial charge in [0, 0.05) is 37.2 Å². The van der Waals surface area contributed by atoms with Gasteiger partial charge in [0.1, 0.15) is 5.60 Å². The second-order valence-electron chi connectivity index (χ2n) is 7.05. The molecule has 8 heteroatoms. The van der Waals surface area contributed by atoms with Crippen LogP contribution in [-0.2, 0) is 17.5 Å². The highest BCUT2D eigenvalue weighted by Gasteiger charge is 2.31. The predicted molar refractivity (Wildman–Crippen MR) is 92.2 cm³/mol. The van der Waals surface area contributed by atoms with Crippen LogP contribution in [0.4, 0.5) is 18.0 Å². The van der Waals surface area contributed by atoms with Crippen LogP contribution < -0.4 is 0 Å². The molecule has 0 N–H and O–H groups in total. The average Bonchev–Trinajstić information content (AvgIpc) is 2.47. The van der Waals surface area contributed by atoms with Crippen molar-refractivity contribution in [3.8, 4) is 0 Å². The molecule has 1 aliphatic rings. The summed E-state index contributed by atoms with van der Waals surface area (Å²) in [6.45, 7) is 7.98. The Bertz CT molecular complexity index is 621. The van der Waals surface area contributed by atoms with E-state index < -0.39 is 17.3 Å². The molecule has 25 heavy (non-hydrogen) atoms. The van der Waals surface area contributed by atoms with E-state index in [1.54, 1.807) is 4.90 Å². The molecule has 1 fully saturated rings. The number of nitrogens with zero attached hydrogens (tertiary/aromatic N) is 2. The molecule has 1 amide bonds. The summed E-state index contributed by atoms with van der Waals surface area (Å²) in [5, 5.41) is 0. The van der Waals surface area contributed by atoms with Crippen LogP contribution in [0.25, 0.3) is 0 Å². The number of hydrogen-bond donors (Lipinski definition) is 0. The number of amides is 1. The van der Waals surface area contributed by atoms with E-state index in [-0.39, 0.29) is 6.09 Å². The minimum absolute atomic E-state index is 0.354. The van der Waals surface area contributed by atoms with Crippen molar-refractivity contribution in [2.24, 2.45) is 0 Å². The zero-order chi connectivity index (χ0) is 18.8. The standard InChI is InChI=1S/C17H22BrF3N2O2/c1-16(2,3)25-15(24)23-8-6-22(7-9-23)11-12-10-13(17(19,20)21)4-5-14(12)18/h4-5,10H,6-9,11H2,1-3H3. The summed E-state index contributed by atoms with van der Waals surface area (Å²) in [6.07, 6.45) is -4.71. The van der Waals surface area contributed by atoms with Crippen molar-refractivity contribution in [1.29, 1.82) is 0 Å². The number of hydrogen-bond acceptors (Lipinski definition) is 3. The maximum Gasteiger partial charge on any atom is 0.416 e. The summed E-state index contributed by atoms with van der Waals surface area (Å²) < 4.78 is 44.6. The quantitative estimate of drug-likeness (QED) is 0.702. The Morgan fingerprint density at radius 1 is 1.16 bits per heavy atom. The average molecular weight is 423 g/mol. The molecule has 0 bridgehead atoms. The highest BCUT2D eigenvalue weighted by molar-refractivity contribution is 9.10. The molecule has 0 spiro atoms. The number of benzene rings is 1. The Labute approximate surface area is 154 Å². The van der Waals surface area contributed by atoms with Gasteiger partial charge in [0.2, 0.25) is 0 Å². The first-order valence-corrected chi connectivity index (χ1v) is 8.81. The molecule has 0 aromatic heterocycles. The van der Waals surface area contributed by atoms with Crippen molar-refractivity contribution < 1.29 is 22.7 Å². The summed E-state index contributed by atoms with van der Waals surface area (Å²) >= 11 is 3.31. The first-order valence-electron chi connectivity index (χ1n) is 8.01. The van der Waals surface area contributed by atoms with Crippen molar-refractivity contribution in [2.45, 2.75) is 39.1 Å². The number of rotatable bonds is 2. The molecule has 4 nitrogen and oxygen atoms in total. The Morgan fingerprint density at radius 2 is 1.76 bits per heavy atom. The van der Waals surface area contributed by atoms with Crippen LogP contribution in [-0.4, -0.2) is 47.7 Å². The van der Waals surface area contributed by atoms with Crippen molar-refractivity contribution in [3.05, 3.63) is 33.8 Å². The number of piperazine rings is 1. The molecule has 0 aliphatic carbocycles. The monoisotopic (exact) mass is 422 g/mol. The van der Waals surface area contributed by atoms with Gasteiger partial charge < -0.3 is 9.64 Å². The lowest BCUT2D eigenvalue weighted by molar-refractivity contribution is -0.137. The summed E-state index contributed by atoms with van der Waals surface area (Å²) in [5.74, 6) is 0. The largest absolute Gasteiger partial charge is 0.444 e. The van der Waals surface area contributed by atoms with E-state index in [0.29, 0.717) is 42.8 Å². The minimum atomic E-state index is -4.36. The van der Waals surface area contributed by atoms with E-state index in [9.17, 15) is 18.0 Å². The lowest BCUT2D eigenvalue weighted by Crippen LogP contribution is -2.49. The fourth-order valence-corrected chi connectivity index (χ4v) is 2.90. The van der Waals surface area contributed by atoms with Crippen LogP contribution in [0.15, 0.2) is 22.7 Å². The van der Waals surface area contributed by atoms with Gasteiger partial charge in [-0.1, -0.05) is 15.9 Å². The fourth-order valence-electron chi connectivity index (χ4n) is 2.53.